The van der Waals surface area contributed by atoms with E-state index in [4.69, 9.17) is 0 Å². The number of nitrogens with one attached hydrogen (secondary N) is 2. The van der Waals surface area contributed by atoms with Crippen molar-refractivity contribution in [3.8, 4) is 11.3 Å². The predicted octanol–water partition coefficient (Wildman–Crippen LogP) is 3.00. The molecule has 142 valence electrons. The second kappa shape index (κ2) is 7.64. The van der Waals surface area contributed by atoms with Crippen LogP contribution in [-0.2, 0) is 4.79 Å². The van der Waals surface area contributed by atoms with Gasteiger partial charge in [-0.2, -0.15) is 5.10 Å². The Morgan fingerprint density at radius 2 is 1.93 bits per heavy atom. The molecular weight excluding hydrogens is 359 g/mol. The number of amides is 2. The zero-order valence-electron chi connectivity index (χ0n) is 15.1. The number of halogens is 1. The maximum atomic E-state index is 13.0. The first-order valence-corrected chi connectivity index (χ1v) is 9.05. The molecule has 0 aliphatic carbocycles. The first kappa shape index (κ1) is 17.9. The molecule has 0 bridgehead atoms. The highest BCUT2D eigenvalue weighted by molar-refractivity contribution is 5.96. The van der Waals surface area contributed by atoms with Gasteiger partial charge in [0.05, 0.1) is 5.69 Å². The second-order valence-electron chi connectivity index (χ2n) is 6.79. The number of carbonyl (C=O) groups is 2. The number of hydrogen-bond donors (Lipinski definition) is 2. The lowest BCUT2D eigenvalue weighted by atomic mass is 10.1. The summed E-state index contributed by atoms with van der Waals surface area (Å²) in [5.41, 5.74) is 2.48. The SMILES string of the molecule is O=C(NC[C@@H]1CC(=O)N(c2ccccc2)C1)c1cc(-c2ccc(F)cc2)n[nH]1. The molecule has 4 rings (SSSR count). The Morgan fingerprint density at radius 1 is 1.18 bits per heavy atom. The van der Waals surface area contributed by atoms with Gasteiger partial charge in [0.25, 0.3) is 5.91 Å². The molecule has 7 heteroatoms. The smallest absolute Gasteiger partial charge is 0.269 e. The van der Waals surface area contributed by atoms with E-state index in [-0.39, 0.29) is 23.5 Å². The van der Waals surface area contributed by atoms with Crippen molar-refractivity contribution in [3.05, 3.63) is 72.2 Å². The molecule has 1 aromatic heterocycles. The molecule has 0 saturated carbocycles. The first-order chi connectivity index (χ1) is 13.6. The summed E-state index contributed by atoms with van der Waals surface area (Å²) >= 11 is 0. The summed E-state index contributed by atoms with van der Waals surface area (Å²) in [6, 6.07) is 17.0. The fourth-order valence-electron chi connectivity index (χ4n) is 3.31. The van der Waals surface area contributed by atoms with Gasteiger partial charge in [-0.1, -0.05) is 18.2 Å². The van der Waals surface area contributed by atoms with E-state index < -0.39 is 0 Å². The number of aromatic nitrogens is 2. The summed E-state index contributed by atoms with van der Waals surface area (Å²) < 4.78 is 13.0. The van der Waals surface area contributed by atoms with Gasteiger partial charge in [-0.15, -0.1) is 0 Å². The minimum Gasteiger partial charge on any atom is -0.350 e. The predicted molar refractivity (Wildman–Crippen MR) is 103 cm³/mol. The number of carbonyl (C=O) groups excluding carboxylic acids is 2. The molecule has 3 aromatic rings. The quantitative estimate of drug-likeness (QED) is 0.716. The molecule has 6 nitrogen and oxygen atoms in total. The van der Waals surface area contributed by atoms with Gasteiger partial charge in [0.15, 0.2) is 0 Å². The van der Waals surface area contributed by atoms with Crippen molar-refractivity contribution in [3.63, 3.8) is 0 Å². The maximum Gasteiger partial charge on any atom is 0.269 e. The van der Waals surface area contributed by atoms with E-state index in [2.05, 4.69) is 15.5 Å². The van der Waals surface area contributed by atoms with E-state index in [0.29, 0.717) is 30.9 Å². The minimum atomic E-state index is -0.326. The Hall–Kier alpha value is -3.48. The number of aromatic amines is 1. The fourth-order valence-corrected chi connectivity index (χ4v) is 3.31. The van der Waals surface area contributed by atoms with E-state index in [9.17, 15) is 14.0 Å². The van der Waals surface area contributed by atoms with Crippen LogP contribution in [0.1, 0.15) is 16.9 Å². The number of benzene rings is 2. The molecule has 2 aromatic carbocycles. The number of rotatable bonds is 5. The Balaban J connectivity index is 1.35. The van der Waals surface area contributed by atoms with E-state index in [0.717, 1.165) is 11.3 Å². The molecule has 0 spiro atoms. The van der Waals surface area contributed by atoms with Crippen LogP contribution in [0.5, 0.6) is 0 Å². The van der Waals surface area contributed by atoms with Crippen LogP contribution >= 0.6 is 0 Å². The molecule has 1 saturated heterocycles. The van der Waals surface area contributed by atoms with Crippen molar-refractivity contribution in [2.45, 2.75) is 6.42 Å². The van der Waals surface area contributed by atoms with E-state index in [1.54, 1.807) is 23.1 Å². The molecule has 1 aliphatic rings. The van der Waals surface area contributed by atoms with Gasteiger partial charge in [0.1, 0.15) is 11.5 Å². The minimum absolute atomic E-state index is 0.0520. The van der Waals surface area contributed by atoms with Crippen LogP contribution in [0.15, 0.2) is 60.7 Å². The third kappa shape index (κ3) is 3.78. The van der Waals surface area contributed by atoms with Crippen molar-refractivity contribution in [2.75, 3.05) is 18.0 Å². The summed E-state index contributed by atoms with van der Waals surface area (Å²) in [4.78, 5) is 26.4. The second-order valence-corrected chi connectivity index (χ2v) is 6.79. The highest BCUT2D eigenvalue weighted by Gasteiger charge is 2.30. The van der Waals surface area contributed by atoms with Gasteiger partial charge in [0, 0.05) is 36.7 Å². The highest BCUT2D eigenvalue weighted by atomic mass is 19.1. The number of hydrogen-bond acceptors (Lipinski definition) is 3. The van der Waals surface area contributed by atoms with Gasteiger partial charge >= 0.3 is 0 Å². The van der Waals surface area contributed by atoms with E-state index in [1.807, 2.05) is 30.3 Å². The number of nitrogens with zero attached hydrogens (tertiary/aromatic N) is 2. The van der Waals surface area contributed by atoms with Gasteiger partial charge in [-0.05, 0) is 42.5 Å². The lowest BCUT2D eigenvalue weighted by molar-refractivity contribution is -0.117. The largest absolute Gasteiger partial charge is 0.350 e. The molecule has 0 radical (unpaired) electrons. The van der Waals surface area contributed by atoms with Gasteiger partial charge < -0.3 is 10.2 Å². The van der Waals surface area contributed by atoms with Crippen molar-refractivity contribution in [2.24, 2.45) is 5.92 Å². The van der Waals surface area contributed by atoms with Crippen LogP contribution in [0.25, 0.3) is 11.3 Å². The Kier molecular flexibility index (Phi) is 4.89. The van der Waals surface area contributed by atoms with Crippen LogP contribution in [0.4, 0.5) is 10.1 Å². The Morgan fingerprint density at radius 3 is 2.68 bits per heavy atom. The molecule has 1 fully saturated rings. The Labute approximate surface area is 161 Å². The maximum absolute atomic E-state index is 13.0. The summed E-state index contributed by atoms with van der Waals surface area (Å²) in [6.45, 7) is 0.978. The molecule has 1 aliphatic heterocycles. The number of H-pyrrole nitrogens is 1. The zero-order valence-corrected chi connectivity index (χ0v) is 15.1. The lowest BCUT2D eigenvalue weighted by Gasteiger charge is -2.16. The highest BCUT2D eigenvalue weighted by Crippen LogP contribution is 2.24. The van der Waals surface area contributed by atoms with Crippen LogP contribution < -0.4 is 10.2 Å². The average Bonchev–Trinajstić information content (AvgIpc) is 3.34. The van der Waals surface area contributed by atoms with Crippen molar-refractivity contribution in [1.82, 2.24) is 15.5 Å². The Bertz CT molecular complexity index is 985. The van der Waals surface area contributed by atoms with Gasteiger partial charge in [-0.3, -0.25) is 14.7 Å². The zero-order chi connectivity index (χ0) is 19.5. The van der Waals surface area contributed by atoms with Gasteiger partial charge in [-0.25, -0.2) is 4.39 Å². The van der Waals surface area contributed by atoms with E-state index in [1.165, 1.54) is 12.1 Å². The average molecular weight is 378 g/mol. The number of anilines is 1. The topological polar surface area (TPSA) is 78.1 Å². The fraction of sp³-hybridized carbons (Fsp3) is 0.190. The first-order valence-electron chi connectivity index (χ1n) is 9.05. The summed E-state index contributed by atoms with van der Waals surface area (Å²) in [5, 5.41) is 9.67. The van der Waals surface area contributed by atoms with Crippen molar-refractivity contribution in [1.29, 1.82) is 0 Å². The molecule has 0 unspecified atom stereocenters. The molecule has 28 heavy (non-hydrogen) atoms. The third-order valence-corrected chi connectivity index (χ3v) is 4.79. The number of para-hydroxylation sites is 1. The van der Waals surface area contributed by atoms with Crippen LogP contribution in [-0.4, -0.2) is 35.1 Å². The lowest BCUT2D eigenvalue weighted by Crippen LogP contribution is -2.31. The van der Waals surface area contributed by atoms with E-state index >= 15 is 0 Å². The van der Waals surface area contributed by atoms with Crippen molar-refractivity contribution < 1.29 is 14.0 Å². The summed E-state index contributed by atoms with van der Waals surface area (Å²) in [7, 11) is 0. The van der Waals surface area contributed by atoms with Gasteiger partial charge in [0.2, 0.25) is 5.91 Å². The standard InChI is InChI=1S/C21H19FN4O2/c22-16-8-6-15(7-9-16)18-11-19(25-24-18)21(28)23-12-14-10-20(27)26(13-14)17-4-2-1-3-5-17/h1-9,11,14H,10,12-13H2,(H,23,28)(H,24,25)/t14-/m0/s1. The van der Waals surface area contributed by atoms with Crippen LogP contribution in [0.3, 0.4) is 0 Å². The summed E-state index contributed by atoms with van der Waals surface area (Å²) in [6.07, 6.45) is 0.402. The summed E-state index contributed by atoms with van der Waals surface area (Å²) in [5.74, 6) is -0.499. The third-order valence-electron chi connectivity index (χ3n) is 4.79. The van der Waals surface area contributed by atoms with Crippen LogP contribution in [0, 0.1) is 11.7 Å². The molecule has 2 heterocycles. The molecular formula is C21H19FN4O2. The normalized spacial score (nSPS) is 16.4. The van der Waals surface area contributed by atoms with Crippen molar-refractivity contribution >= 4 is 17.5 Å². The monoisotopic (exact) mass is 378 g/mol. The molecule has 2 N–H and O–H groups in total. The molecule has 2 amide bonds. The van der Waals surface area contributed by atoms with Crippen LogP contribution in [0.2, 0.25) is 0 Å². The molecule has 1 atom stereocenters.